The zero-order valence-corrected chi connectivity index (χ0v) is 24.0. The fourth-order valence-corrected chi connectivity index (χ4v) is 6.65. The molecule has 2 aliphatic rings. The summed E-state index contributed by atoms with van der Waals surface area (Å²) < 4.78 is 34.3. The van der Waals surface area contributed by atoms with E-state index in [2.05, 4.69) is 64.5 Å². The van der Waals surface area contributed by atoms with E-state index in [0.29, 0.717) is 12.0 Å². The maximum atomic E-state index is 10.6. The smallest absolute Gasteiger partial charge is 0.475 e. The lowest BCUT2D eigenvalue weighted by atomic mass is 9.87. The Morgan fingerprint density at radius 2 is 1.69 bits per heavy atom. The van der Waals surface area contributed by atoms with Crippen molar-refractivity contribution in [1.29, 1.82) is 0 Å². The van der Waals surface area contributed by atoms with Gasteiger partial charge >= 0.3 is 12.1 Å². The van der Waals surface area contributed by atoms with E-state index in [-0.39, 0.29) is 5.92 Å². The van der Waals surface area contributed by atoms with E-state index in [9.17, 15) is 13.2 Å². The summed E-state index contributed by atoms with van der Waals surface area (Å²) in [5.74, 6) is -0.781. The summed E-state index contributed by atoms with van der Waals surface area (Å²) in [6, 6.07) is 24.5. The average molecular weight is 610 g/mol. The van der Waals surface area contributed by atoms with Crippen molar-refractivity contribution in [2.75, 3.05) is 0 Å². The van der Waals surface area contributed by atoms with Crippen LogP contribution < -0.4 is 0 Å². The second kappa shape index (κ2) is 11.5. The molecular formula is C32H27ClF3N3O2S. The lowest BCUT2D eigenvalue weighted by Gasteiger charge is -2.28. The van der Waals surface area contributed by atoms with E-state index in [0.717, 1.165) is 28.4 Å². The monoisotopic (exact) mass is 609 g/mol. The van der Waals surface area contributed by atoms with Gasteiger partial charge < -0.3 is 9.67 Å². The molecule has 0 amide bonds. The molecule has 0 radical (unpaired) electrons. The largest absolute Gasteiger partial charge is 0.490 e. The third kappa shape index (κ3) is 5.94. The van der Waals surface area contributed by atoms with Crippen molar-refractivity contribution in [3.8, 4) is 0 Å². The Bertz CT molecular complexity index is 1710. The first kappa shape index (κ1) is 28.4. The van der Waals surface area contributed by atoms with Crippen molar-refractivity contribution in [1.82, 2.24) is 14.5 Å². The van der Waals surface area contributed by atoms with Crippen LogP contribution in [-0.4, -0.2) is 31.8 Å². The molecule has 1 fully saturated rings. The zero-order valence-electron chi connectivity index (χ0n) is 22.4. The minimum atomic E-state index is -5.08. The number of halogens is 4. The van der Waals surface area contributed by atoms with Gasteiger partial charge in [-0.25, -0.2) is 14.8 Å². The Hall–Kier alpha value is -3.69. The summed E-state index contributed by atoms with van der Waals surface area (Å²) >= 11 is 7.93. The van der Waals surface area contributed by atoms with Gasteiger partial charge in [-0.2, -0.15) is 13.2 Å². The molecule has 2 heterocycles. The van der Waals surface area contributed by atoms with Crippen LogP contribution in [0.2, 0.25) is 5.02 Å². The van der Waals surface area contributed by atoms with Crippen molar-refractivity contribution in [2.45, 2.75) is 56.2 Å². The number of aromatic nitrogens is 3. The molecule has 0 saturated heterocycles. The van der Waals surface area contributed by atoms with E-state index in [4.69, 9.17) is 31.5 Å². The van der Waals surface area contributed by atoms with E-state index in [1.807, 2.05) is 18.3 Å². The summed E-state index contributed by atoms with van der Waals surface area (Å²) in [5, 5.41) is 11.0. The van der Waals surface area contributed by atoms with E-state index in [1.54, 1.807) is 11.3 Å². The molecule has 1 saturated carbocycles. The number of rotatable bonds is 5. The highest BCUT2D eigenvalue weighted by molar-refractivity contribution is 7.09. The average Bonchev–Trinajstić information content (AvgIpc) is 3.54. The van der Waals surface area contributed by atoms with E-state index >= 15 is 0 Å². The molecule has 0 aliphatic heterocycles. The van der Waals surface area contributed by atoms with Gasteiger partial charge in [-0.05, 0) is 78.6 Å². The van der Waals surface area contributed by atoms with Crippen molar-refractivity contribution < 1.29 is 23.1 Å². The Labute approximate surface area is 249 Å². The zero-order chi connectivity index (χ0) is 29.4. The second-order valence-corrected chi connectivity index (χ2v) is 12.0. The Morgan fingerprint density at radius 3 is 2.33 bits per heavy atom. The molecule has 5 nitrogen and oxygen atoms in total. The molecule has 2 aromatic heterocycles. The highest BCUT2D eigenvalue weighted by Crippen LogP contribution is 2.44. The standard InChI is InChI=1S/C30H26ClN3S.C2HF3O2/c31-24-11-7-20(8-12-24)28(30-32-15-16-35-30)23-10-14-26-27(18-23)34(29(33-26)21-5-6-21)25-13-9-19-3-1-2-4-22(19)17-25;3-2(4,5)1(6)7/h1-4,7-8,10-12,14-16,18,21,25,28H,5-6,9,13,17H2;(H,6,7). The van der Waals surface area contributed by atoms with Crippen LogP contribution in [0.15, 0.2) is 78.3 Å². The summed E-state index contributed by atoms with van der Waals surface area (Å²) in [7, 11) is 0. The molecule has 0 spiro atoms. The van der Waals surface area contributed by atoms with Crippen LogP contribution >= 0.6 is 22.9 Å². The molecule has 7 rings (SSSR count). The van der Waals surface area contributed by atoms with Gasteiger partial charge in [0.25, 0.3) is 0 Å². The van der Waals surface area contributed by atoms with Crippen LogP contribution in [0.4, 0.5) is 13.2 Å². The predicted molar refractivity (Wildman–Crippen MR) is 157 cm³/mol. The number of benzene rings is 3. The number of hydrogen-bond donors (Lipinski definition) is 1. The van der Waals surface area contributed by atoms with Gasteiger partial charge in [0.2, 0.25) is 0 Å². The first-order valence-electron chi connectivity index (χ1n) is 13.7. The second-order valence-electron chi connectivity index (χ2n) is 10.7. The molecule has 42 heavy (non-hydrogen) atoms. The van der Waals surface area contributed by atoms with Gasteiger partial charge in [0, 0.05) is 28.6 Å². The first-order valence-corrected chi connectivity index (χ1v) is 15.0. The quantitative estimate of drug-likeness (QED) is 0.217. The van der Waals surface area contributed by atoms with Crippen LogP contribution in [-0.2, 0) is 17.6 Å². The minimum absolute atomic E-state index is 0.0801. The third-order valence-corrected chi connectivity index (χ3v) is 8.94. The number of thiazole rings is 1. The Morgan fingerprint density at radius 1 is 1.00 bits per heavy atom. The molecular weight excluding hydrogens is 583 g/mol. The normalized spacial score (nSPS) is 17.3. The van der Waals surface area contributed by atoms with Crippen LogP contribution in [0.1, 0.15) is 70.2 Å². The number of nitrogens with zero attached hydrogens (tertiary/aromatic N) is 3. The summed E-state index contributed by atoms with van der Waals surface area (Å²) in [6.07, 6.45) is 2.71. The molecule has 5 aromatic rings. The highest BCUT2D eigenvalue weighted by Gasteiger charge is 2.38. The minimum Gasteiger partial charge on any atom is -0.475 e. The fraction of sp³-hybridized carbons (Fsp3) is 0.281. The molecule has 0 bridgehead atoms. The van der Waals surface area contributed by atoms with Gasteiger partial charge in [-0.3, -0.25) is 0 Å². The molecule has 2 atom stereocenters. The van der Waals surface area contributed by atoms with Crippen molar-refractivity contribution in [3.05, 3.63) is 116 Å². The number of fused-ring (bicyclic) bond motifs is 2. The van der Waals surface area contributed by atoms with Gasteiger partial charge in [-0.15, -0.1) is 11.3 Å². The number of carboxylic acids is 1. The molecule has 2 unspecified atom stereocenters. The molecule has 216 valence electrons. The van der Waals surface area contributed by atoms with Crippen LogP contribution in [0.5, 0.6) is 0 Å². The SMILES string of the molecule is Clc1ccc(C(c2ccc3nc(C4CC4)n(C4CCc5ccccc5C4)c3c2)c2nccs2)cc1.O=C(O)C(F)(F)F. The summed E-state index contributed by atoms with van der Waals surface area (Å²) in [4.78, 5) is 18.8. The lowest BCUT2D eigenvalue weighted by Crippen LogP contribution is -2.21. The van der Waals surface area contributed by atoms with E-state index in [1.165, 1.54) is 52.9 Å². The third-order valence-electron chi connectivity index (χ3n) is 7.85. The first-order chi connectivity index (χ1) is 20.2. The maximum Gasteiger partial charge on any atom is 0.490 e. The van der Waals surface area contributed by atoms with Crippen LogP contribution in [0, 0.1) is 0 Å². The molecule has 2 aliphatic carbocycles. The van der Waals surface area contributed by atoms with Gasteiger partial charge in [-0.1, -0.05) is 54.1 Å². The predicted octanol–water partition coefficient (Wildman–Crippen LogP) is 8.57. The van der Waals surface area contributed by atoms with Crippen molar-refractivity contribution in [2.24, 2.45) is 0 Å². The van der Waals surface area contributed by atoms with Crippen molar-refractivity contribution >= 4 is 39.9 Å². The molecule has 3 aromatic carbocycles. The lowest BCUT2D eigenvalue weighted by molar-refractivity contribution is -0.192. The number of carbonyl (C=O) groups is 1. The number of hydrogen-bond acceptors (Lipinski definition) is 4. The number of aryl methyl sites for hydroxylation is 1. The highest BCUT2D eigenvalue weighted by atomic mass is 35.5. The topological polar surface area (TPSA) is 68.0 Å². The van der Waals surface area contributed by atoms with Crippen LogP contribution in [0.25, 0.3) is 11.0 Å². The maximum absolute atomic E-state index is 10.6. The number of aliphatic carboxylic acids is 1. The number of imidazole rings is 1. The van der Waals surface area contributed by atoms with Gasteiger partial charge in [0.15, 0.2) is 0 Å². The van der Waals surface area contributed by atoms with Crippen molar-refractivity contribution in [3.63, 3.8) is 0 Å². The Kier molecular flexibility index (Phi) is 7.81. The van der Waals surface area contributed by atoms with Gasteiger partial charge in [0.1, 0.15) is 10.8 Å². The molecule has 1 N–H and O–H groups in total. The van der Waals surface area contributed by atoms with Gasteiger partial charge in [0.05, 0.1) is 17.0 Å². The fourth-order valence-electron chi connectivity index (χ4n) is 5.73. The molecule has 10 heteroatoms. The number of carboxylic acid groups (broad SMARTS) is 1. The summed E-state index contributed by atoms with van der Waals surface area (Å²) in [5.41, 5.74) is 7.85. The summed E-state index contributed by atoms with van der Waals surface area (Å²) in [6.45, 7) is 0. The number of alkyl halides is 3. The van der Waals surface area contributed by atoms with E-state index < -0.39 is 12.1 Å². The van der Waals surface area contributed by atoms with Crippen LogP contribution in [0.3, 0.4) is 0 Å². The Balaban J connectivity index is 0.000000405.